The molecule has 0 bridgehead atoms. The summed E-state index contributed by atoms with van der Waals surface area (Å²) < 4.78 is 9.84. The highest BCUT2D eigenvalue weighted by molar-refractivity contribution is 7.14. The fourth-order valence-electron chi connectivity index (χ4n) is 2.69. The van der Waals surface area contributed by atoms with Gasteiger partial charge in [0.05, 0.1) is 23.3 Å². The van der Waals surface area contributed by atoms with Crippen molar-refractivity contribution in [3.8, 4) is 17.0 Å². The minimum absolute atomic E-state index is 0.00709. The van der Waals surface area contributed by atoms with E-state index in [1.165, 1.54) is 36.1 Å². The van der Waals surface area contributed by atoms with Crippen molar-refractivity contribution < 1.29 is 24.0 Å². The number of hydrogen-bond acceptors (Lipinski definition) is 8. The number of nitro benzene ring substituents is 1. The van der Waals surface area contributed by atoms with Crippen LogP contribution in [0.25, 0.3) is 11.3 Å². The molecule has 3 aromatic rings. The Kier molecular flexibility index (Phi) is 6.61. The van der Waals surface area contributed by atoms with E-state index < -0.39 is 29.1 Å². The summed E-state index contributed by atoms with van der Waals surface area (Å²) in [6, 6.07) is 9.60. The molecule has 1 heterocycles. The van der Waals surface area contributed by atoms with Crippen LogP contribution in [0.5, 0.6) is 5.75 Å². The van der Waals surface area contributed by atoms with Crippen LogP contribution in [-0.2, 0) is 9.53 Å². The standard InChI is InChI=1S/C21H19N3O6S/c1-12-4-5-14(8-13(12)2)16-11-31-21(22-16)23-19(25)10-30-18-7-6-15(20(26)29-3)9-17(18)24(27)28/h4-9,11H,10H2,1-3H3,(H,22,23,25). The van der Waals surface area contributed by atoms with Gasteiger partial charge in [-0.1, -0.05) is 12.1 Å². The molecule has 9 nitrogen and oxygen atoms in total. The van der Waals surface area contributed by atoms with Crippen LogP contribution in [0.4, 0.5) is 10.8 Å². The largest absolute Gasteiger partial charge is 0.477 e. The van der Waals surface area contributed by atoms with E-state index in [0.717, 1.165) is 22.9 Å². The second-order valence-corrected chi connectivity index (χ2v) is 7.46. The lowest BCUT2D eigenvalue weighted by Gasteiger charge is -2.07. The van der Waals surface area contributed by atoms with Crippen LogP contribution < -0.4 is 10.1 Å². The number of nitrogens with zero attached hydrogens (tertiary/aromatic N) is 2. The Morgan fingerprint density at radius 3 is 2.61 bits per heavy atom. The van der Waals surface area contributed by atoms with E-state index >= 15 is 0 Å². The number of amides is 1. The summed E-state index contributed by atoms with van der Waals surface area (Å²) in [6.45, 7) is 3.58. The number of nitro groups is 1. The number of carbonyl (C=O) groups is 2. The minimum atomic E-state index is -0.712. The Morgan fingerprint density at radius 2 is 1.94 bits per heavy atom. The van der Waals surface area contributed by atoms with Gasteiger partial charge in [0, 0.05) is 17.0 Å². The first-order valence-electron chi connectivity index (χ1n) is 9.11. The molecule has 0 aliphatic rings. The average Bonchev–Trinajstić information content (AvgIpc) is 3.21. The van der Waals surface area contributed by atoms with Gasteiger partial charge in [-0.25, -0.2) is 9.78 Å². The number of thiazole rings is 1. The minimum Gasteiger partial charge on any atom is -0.477 e. The van der Waals surface area contributed by atoms with Crippen LogP contribution in [0.15, 0.2) is 41.8 Å². The summed E-state index contributed by atoms with van der Waals surface area (Å²) in [7, 11) is 1.17. The summed E-state index contributed by atoms with van der Waals surface area (Å²) in [5.74, 6) is -1.37. The summed E-state index contributed by atoms with van der Waals surface area (Å²) in [5.41, 5.74) is 3.56. The number of anilines is 1. The Balaban J connectivity index is 1.65. The number of methoxy groups -OCH3 is 1. The molecule has 0 saturated carbocycles. The number of ether oxygens (including phenoxy) is 2. The summed E-state index contributed by atoms with van der Waals surface area (Å²) >= 11 is 1.26. The van der Waals surface area contributed by atoms with E-state index in [0.29, 0.717) is 5.13 Å². The number of nitrogens with one attached hydrogen (secondary N) is 1. The van der Waals surface area contributed by atoms with Crippen LogP contribution in [0.2, 0.25) is 0 Å². The maximum Gasteiger partial charge on any atom is 0.338 e. The van der Waals surface area contributed by atoms with Crippen molar-refractivity contribution >= 4 is 34.0 Å². The molecule has 0 unspecified atom stereocenters. The third-order valence-corrected chi connectivity index (χ3v) is 5.25. The summed E-state index contributed by atoms with van der Waals surface area (Å²) in [6.07, 6.45) is 0. The molecule has 0 saturated heterocycles. The van der Waals surface area contributed by atoms with E-state index in [2.05, 4.69) is 15.0 Å². The normalized spacial score (nSPS) is 10.4. The number of carbonyl (C=O) groups excluding carboxylic acids is 2. The molecule has 160 valence electrons. The molecule has 1 amide bonds. The molecule has 10 heteroatoms. The third-order valence-electron chi connectivity index (χ3n) is 4.49. The number of rotatable bonds is 7. The van der Waals surface area contributed by atoms with Crippen LogP contribution in [0.1, 0.15) is 21.5 Å². The number of benzene rings is 2. The van der Waals surface area contributed by atoms with E-state index in [4.69, 9.17) is 4.74 Å². The zero-order valence-electron chi connectivity index (χ0n) is 17.0. The smallest absolute Gasteiger partial charge is 0.338 e. The van der Waals surface area contributed by atoms with Crippen molar-refractivity contribution in [3.63, 3.8) is 0 Å². The first-order chi connectivity index (χ1) is 14.8. The van der Waals surface area contributed by atoms with Gasteiger partial charge in [0.1, 0.15) is 0 Å². The quantitative estimate of drug-likeness (QED) is 0.332. The third kappa shape index (κ3) is 5.23. The summed E-state index contributed by atoms with van der Waals surface area (Å²) in [4.78, 5) is 38.7. The van der Waals surface area contributed by atoms with Crippen molar-refractivity contribution in [1.82, 2.24) is 4.98 Å². The highest BCUT2D eigenvalue weighted by Gasteiger charge is 2.20. The van der Waals surface area contributed by atoms with Crippen molar-refractivity contribution in [2.24, 2.45) is 0 Å². The first-order valence-corrected chi connectivity index (χ1v) is 9.99. The van der Waals surface area contributed by atoms with Crippen molar-refractivity contribution in [2.75, 3.05) is 19.0 Å². The molecule has 31 heavy (non-hydrogen) atoms. The number of aromatic nitrogens is 1. The maximum absolute atomic E-state index is 12.2. The zero-order valence-corrected chi connectivity index (χ0v) is 17.8. The van der Waals surface area contributed by atoms with E-state index in [1.807, 2.05) is 37.4 Å². The Labute approximate surface area is 181 Å². The molecule has 0 fully saturated rings. The Hall–Kier alpha value is -3.79. The fraction of sp³-hybridized carbons (Fsp3) is 0.190. The van der Waals surface area contributed by atoms with Gasteiger partial charge in [0.25, 0.3) is 5.91 Å². The molecule has 0 radical (unpaired) electrons. The topological polar surface area (TPSA) is 121 Å². The predicted octanol–water partition coefficient (Wildman–Crippen LogP) is 4.14. The molecule has 1 N–H and O–H groups in total. The Bertz CT molecular complexity index is 1160. The number of hydrogen-bond donors (Lipinski definition) is 1. The average molecular weight is 441 g/mol. The van der Waals surface area contributed by atoms with Gasteiger partial charge in [-0.2, -0.15) is 0 Å². The van der Waals surface area contributed by atoms with Crippen LogP contribution >= 0.6 is 11.3 Å². The van der Waals surface area contributed by atoms with Gasteiger partial charge in [0.15, 0.2) is 17.5 Å². The van der Waals surface area contributed by atoms with Crippen molar-refractivity contribution in [1.29, 1.82) is 0 Å². The monoisotopic (exact) mass is 441 g/mol. The molecule has 1 aromatic heterocycles. The zero-order chi connectivity index (χ0) is 22.5. The lowest BCUT2D eigenvalue weighted by atomic mass is 10.1. The van der Waals surface area contributed by atoms with Crippen LogP contribution in [-0.4, -0.2) is 35.5 Å². The molecule has 0 aliphatic carbocycles. The van der Waals surface area contributed by atoms with Crippen molar-refractivity contribution in [3.05, 3.63) is 68.6 Å². The molecule has 2 aromatic carbocycles. The molecular formula is C21H19N3O6S. The highest BCUT2D eigenvalue weighted by atomic mass is 32.1. The number of aryl methyl sites for hydroxylation is 2. The molecule has 0 spiro atoms. The first kappa shape index (κ1) is 21.9. The molecular weight excluding hydrogens is 422 g/mol. The van der Waals surface area contributed by atoms with Gasteiger partial charge in [-0.3, -0.25) is 20.2 Å². The maximum atomic E-state index is 12.2. The predicted molar refractivity (Wildman–Crippen MR) is 116 cm³/mol. The lowest BCUT2D eigenvalue weighted by Crippen LogP contribution is -2.20. The fourth-order valence-corrected chi connectivity index (χ4v) is 3.43. The number of esters is 1. The van der Waals surface area contributed by atoms with E-state index in [1.54, 1.807) is 0 Å². The SMILES string of the molecule is COC(=O)c1ccc(OCC(=O)Nc2nc(-c3ccc(C)c(C)c3)cs2)c([N+](=O)[O-])c1. The van der Waals surface area contributed by atoms with Gasteiger partial charge in [-0.05, 0) is 43.2 Å². The highest BCUT2D eigenvalue weighted by Crippen LogP contribution is 2.29. The van der Waals surface area contributed by atoms with Gasteiger partial charge < -0.3 is 9.47 Å². The second-order valence-electron chi connectivity index (χ2n) is 6.60. The van der Waals surface area contributed by atoms with Crippen LogP contribution in [0.3, 0.4) is 0 Å². The molecule has 3 rings (SSSR count). The lowest BCUT2D eigenvalue weighted by molar-refractivity contribution is -0.385. The van der Waals surface area contributed by atoms with Crippen LogP contribution in [0, 0.1) is 24.0 Å². The van der Waals surface area contributed by atoms with Crippen molar-refractivity contribution in [2.45, 2.75) is 13.8 Å². The summed E-state index contributed by atoms with van der Waals surface area (Å²) in [5, 5.41) is 16.1. The van der Waals surface area contributed by atoms with E-state index in [-0.39, 0.29) is 11.3 Å². The van der Waals surface area contributed by atoms with E-state index in [9.17, 15) is 19.7 Å². The molecule has 0 atom stereocenters. The Morgan fingerprint density at radius 1 is 1.16 bits per heavy atom. The van der Waals surface area contributed by atoms with Gasteiger partial charge in [0.2, 0.25) is 0 Å². The molecule has 0 aliphatic heterocycles. The van der Waals surface area contributed by atoms with Gasteiger partial charge in [-0.15, -0.1) is 11.3 Å². The second kappa shape index (κ2) is 9.35. The van der Waals surface area contributed by atoms with Gasteiger partial charge >= 0.3 is 11.7 Å².